The van der Waals surface area contributed by atoms with Crippen LogP contribution in [0, 0.1) is 0 Å². The van der Waals surface area contributed by atoms with E-state index in [1.807, 2.05) is 13.8 Å². The fourth-order valence-electron chi connectivity index (χ4n) is 1.78. The van der Waals surface area contributed by atoms with E-state index >= 15 is 0 Å². The summed E-state index contributed by atoms with van der Waals surface area (Å²) in [4.78, 5) is 11.1. The molecule has 0 radical (unpaired) electrons. The first kappa shape index (κ1) is 17.5. The van der Waals surface area contributed by atoms with Crippen molar-refractivity contribution in [3.63, 3.8) is 0 Å². The van der Waals surface area contributed by atoms with Gasteiger partial charge in [0.1, 0.15) is 11.8 Å². The molecule has 0 aliphatic carbocycles. The first-order valence-electron chi connectivity index (χ1n) is 6.88. The fourth-order valence-corrected chi connectivity index (χ4v) is 3.00. The van der Waals surface area contributed by atoms with Crippen molar-refractivity contribution in [3.8, 4) is 5.75 Å². The molecular formula is C14H21NO5S. The molecule has 0 heterocycles. The Morgan fingerprint density at radius 1 is 1.29 bits per heavy atom. The SMILES string of the molecule is CCCCC(NS(=O)(=O)c1ccc(OCC)cc1)C(=O)O. The van der Waals surface area contributed by atoms with Crippen molar-refractivity contribution in [2.75, 3.05) is 6.61 Å². The van der Waals surface area contributed by atoms with Crippen molar-refractivity contribution >= 4 is 16.0 Å². The van der Waals surface area contributed by atoms with E-state index in [0.717, 1.165) is 6.42 Å². The fraction of sp³-hybridized carbons (Fsp3) is 0.500. The van der Waals surface area contributed by atoms with Crippen molar-refractivity contribution in [1.29, 1.82) is 0 Å². The van der Waals surface area contributed by atoms with E-state index in [4.69, 9.17) is 9.84 Å². The van der Waals surface area contributed by atoms with Gasteiger partial charge in [-0.15, -0.1) is 0 Å². The van der Waals surface area contributed by atoms with Crippen LogP contribution in [0.2, 0.25) is 0 Å². The Bertz CT molecular complexity index is 553. The summed E-state index contributed by atoms with van der Waals surface area (Å²) in [5.41, 5.74) is 0. The zero-order chi connectivity index (χ0) is 15.9. The maximum Gasteiger partial charge on any atom is 0.321 e. The van der Waals surface area contributed by atoms with Gasteiger partial charge in [-0.25, -0.2) is 8.42 Å². The average molecular weight is 315 g/mol. The maximum atomic E-state index is 12.2. The predicted molar refractivity (Wildman–Crippen MR) is 78.9 cm³/mol. The molecule has 1 rings (SSSR count). The minimum absolute atomic E-state index is 0.0219. The Kier molecular flexibility index (Phi) is 6.64. The van der Waals surface area contributed by atoms with E-state index in [2.05, 4.69) is 4.72 Å². The lowest BCUT2D eigenvalue weighted by molar-refractivity contribution is -0.139. The summed E-state index contributed by atoms with van der Waals surface area (Å²) < 4.78 is 31.8. The summed E-state index contributed by atoms with van der Waals surface area (Å²) >= 11 is 0. The molecule has 0 fully saturated rings. The lowest BCUT2D eigenvalue weighted by Gasteiger charge is -2.14. The summed E-state index contributed by atoms with van der Waals surface area (Å²) in [5.74, 6) is -0.602. The van der Waals surface area contributed by atoms with Gasteiger partial charge in [0.15, 0.2) is 0 Å². The number of aliphatic carboxylic acids is 1. The molecule has 0 bridgehead atoms. The molecule has 0 aromatic heterocycles. The van der Waals surface area contributed by atoms with Gasteiger partial charge in [-0.05, 0) is 37.6 Å². The number of carboxylic acids is 1. The molecule has 0 aliphatic rings. The molecule has 1 aromatic carbocycles. The highest BCUT2D eigenvalue weighted by molar-refractivity contribution is 7.89. The largest absolute Gasteiger partial charge is 0.494 e. The van der Waals surface area contributed by atoms with Gasteiger partial charge >= 0.3 is 5.97 Å². The van der Waals surface area contributed by atoms with Crippen LogP contribution in [0.5, 0.6) is 5.75 Å². The minimum atomic E-state index is -3.85. The Balaban J connectivity index is 2.85. The normalized spacial score (nSPS) is 12.9. The van der Waals surface area contributed by atoms with Crippen molar-refractivity contribution in [1.82, 2.24) is 4.72 Å². The van der Waals surface area contributed by atoms with Crippen molar-refractivity contribution in [3.05, 3.63) is 24.3 Å². The molecule has 6 nitrogen and oxygen atoms in total. The topological polar surface area (TPSA) is 92.7 Å². The molecule has 0 spiro atoms. The first-order chi connectivity index (χ1) is 9.90. The van der Waals surface area contributed by atoms with Crippen LogP contribution < -0.4 is 9.46 Å². The third-order valence-electron chi connectivity index (χ3n) is 2.89. The molecule has 1 unspecified atom stereocenters. The van der Waals surface area contributed by atoms with Gasteiger partial charge in [0.2, 0.25) is 10.0 Å². The summed E-state index contributed by atoms with van der Waals surface area (Å²) in [6.07, 6.45) is 1.71. The van der Waals surface area contributed by atoms with Gasteiger partial charge in [-0.3, -0.25) is 4.79 Å². The van der Waals surface area contributed by atoms with Gasteiger partial charge in [-0.1, -0.05) is 19.8 Å². The van der Waals surface area contributed by atoms with Crippen molar-refractivity contribution in [2.45, 2.75) is 44.0 Å². The van der Waals surface area contributed by atoms with Crippen LogP contribution in [0.25, 0.3) is 0 Å². The highest BCUT2D eigenvalue weighted by atomic mass is 32.2. The lowest BCUT2D eigenvalue weighted by atomic mass is 10.1. The van der Waals surface area contributed by atoms with Gasteiger partial charge < -0.3 is 9.84 Å². The van der Waals surface area contributed by atoms with Crippen LogP contribution in [-0.2, 0) is 14.8 Å². The molecular weight excluding hydrogens is 294 g/mol. The number of rotatable bonds is 9. The second kappa shape index (κ2) is 7.99. The van der Waals surface area contributed by atoms with E-state index in [0.29, 0.717) is 18.8 Å². The highest BCUT2D eigenvalue weighted by Gasteiger charge is 2.24. The smallest absolute Gasteiger partial charge is 0.321 e. The standard InChI is InChI=1S/C14H21NO5S/c1-3-5-6-13(14(16)17)15-21(18,19)12-9-7-11(8-10-12)20-4-2/h7-10,13,15H,3-6H2,1-2H3,(H,16,17). The number of unbranched alkanes of at least 4 members (excludes halogenated alkanes) is 1. The summed E-state index contributed by atoms with van der Waals surface area (Å²) in [7, 11) is -3.85. The molecule has 0 amide bonds. The second-order valence-corrected chi connectivity index (χ2v) is 6.27. The molecule has 0 saturated carbocycles. The number of hydrogen-bond acceptors (Lipinski definition) is 4. The predicted octanol–water partition coefficient (Wildman–Crippen LogP) is 2.01. The van der Waals surface area contributed by atoms with Gasteiger partial charge in [0, 0.05) is 0 Å². The number of nitrogens with one attached hydrogen (secondary N) is 1. The third kappa shape index (κ3) is 5.35. The van der Waals surface area contributed by atoms with Crippen LogP contribution in [0.4, 0.5) is 0 Å². The van der Waals surface area contributed by atoms with E-state index in [1.54, 1.807) is 12.1 Å². The zero-order valence-corrected chi connectivity index (χ0v) is 13.0. The summed E-state index contributed by atoms with van der Waals surface area (Å²) in [6.45, 7) is 4.24. The van der Waals surface area contributed by atoms with E-state index in [1.165, 1.54) is 12.1 Å². The van der Waals surface area contributed by atoms with Crippen LogP contribution in [0.3, 0.4) is 0 Å². The molecule has 1 atom stereocenters. The number of carboxylic acid groups (broad SMARTS) is 1. The average Bonchev–Trinajstić information content (AvgIpc) is 2.44. The number of hydrogen-bond donors (Lipinski definition) is 2. The van der Waals surface area contributed by atoms with Crippen LogP contribution in [0.15, 0.2) is 29.2 Å². The van der Waals surface area contributed by atoms with Gasteiger partial charge in [-0.2, -0.15) is 4.72 Å². The monoisotopic (exact) mass is 315 g/mol. The molecule has 1 aromatic rings. The number of ether oxygens (including phenoxy) is 1. The molecule has 118 valence electrons. The number of benzene rings is 1. The Morgan fingerprint density at radius 2 is 1.90 bits per heavy atom. The number of carbonyl (C=O) groups is 1. The molecule has 0 aliphatic heterocycles. The summed E-state index contributed by atoms with van der Waals surface area (Å²) in [6, 6.07) is 4.76. The third-order valence-corrected chi connectivity index (χ3v) is 4.37. The zero-order valence-electron chi connectivity index (χ0n) is 12.2. The van der Waals surface area contributed by atoms with Crippen molar-refractivity contribution < 1.29 is 23.1 Å². The lowest BCUT2D eigenvalue weighted by Crippen LogP contribution is -2.40. The minimum Gasteiger partial charge on any atom is -0.494 e. The highest BCUT2D eigenvalue weighted by Crippen LogP contribution is 2.16. The Morgan fingerprint density at radius 3 is 2.38 bits per heavy atom. The van der Waals surface area contributed by atoms with Crippen LogP contribution in [0.1, 0.15) is 33.1 Å². The Hall–Kier alpha value is -1.60. The number of sulfonamides is 1. The summed E-state index contributed by atoms with van der Waals surface area (Å²) in [5, 5.41) is 9.08. The molecule has 21 heavy (non-hydrogen) atoms. The molecule has 7 heteroatoms. The molecule has 2 N–H and O–H groups in total. The van der Waals surface area contributed by atoms with Crippen LogP contribution in [-0.4, -0.2) is 32.1 Å². The van der Waals surface area contributed by atoms with E-state index in [9.17, 15) is 13.2 Å². The van der Waals surface area contributed by atoms with E-state index in [-0.39, 0.29) is 11.3 Å². The van der Waals surface area contributed by atoms with E-state index < -0.39 is 22.0 Å². The van der Waals surface area contributed by atoms with Gasteiger partial charge in [0.25, 0.3) is 0 Å². The Labute approximate surface area is 125 Å². The molecule has 0 saturated heterocycles. The maximum absolute atomic E-state index is 12.2. The second-order valence-electron chi connectivity index (χ2n) is 4.56. The quantitative estimate of drug-likeness (QED) is 0.727. The first-order valence-corrected chi connectivity index (χ1v) is 8.37. The van der Waals surface area contributed by atoms with Gasteiger partial charge in [0.05, 0.1) is 11.5 Å². The van der Waals surface area contributed by atoms with Crippen molar-refractivity contribution in [2.24, 2.45) is 0 Å². The van der Waals surface area contributed by atoms with Crippen LogP contribution >= 0.6 is 0 Å².